The summed E-state index contributed by atoms with van der Waals surface area (Å²) in [7, 11) is -3.66. The van der Waals surface area contributed by atoms with Crippen molar-refractivity contribution in [3.05, 3.63) is 52.5 Å². The zero-order valence-electron chi connectivity index (χ0n) is 14.5. The normalized spacial score (nSPS) is 17.4. The summed E-state index contributed by atoms with van der Waals surface area (Å²) in [6.45, 7) is 7.14. The average Bonchev–Trinajstić information content (AvgIpc) is 3.36. The first-order valence-electron chi connectivity index (χ1n) is 8.07. The minimum absolute atomic E-state index is 0.112. The molecule has 4 nitrogen and oxygen atoms in total. The van der Waals surface area contributed by atoms with E-state index in [0.29, 0.717) is 28.3 Å². The molecule has 25 heavy (non-hydrogen) atoms. The van der Waals surface area contributed by atoms with Crippen molar-refractivity contribution in [2.24, 2.45) is 0 Å². The molecule has 1 aliphatic heterocycles. The molecule has 0 aromatic heterocycles. The van der Waals surface area contributed by atoms with Crippen molar-refractivity contribution in [1.29, 1.82) is 0 Å². The topological polar surface area (TPSA) is 55.9 Å². The Bertz CT molecular complexity index is 881. The van der Waals surface area contributed by atoms with Crippen molar-refractivity contribution in [3.8, 4) is 5.75 Å². The van der Waals surface area contributed by atoms with E-state index in [9.17, 15) is 8.42 Å². The Morgan fingerprint density at radius 3 is 2.52 bits per heavy atom. The molecule has 6 heteroatoms. The van der Waals surface area contributed by atoms with Crippen molar-refractivity contribution in [1.82, 2.24) is 0 Å². The van der Waals surface area contributed by atoms with Gasteiger partial charge < -0.3 is 9.47 Å². The third-order valence-electron chi connectivity index (χ3n) is 3.98. The van der Waals surface area contributed by atoms with E-state index in [-0.39, 0.29) is 16.4 Å². The van der Waals surface area contributed by atoms with Crippen LogP contribution < -0.4 is 4.74 Å². The Morgan fingerprint density at radius 1 is 1.20 bits per heavy atom. The quantitative estimate of drug-likeness (QED) is 0.669. The van der Waals surface area contributed by atoms with Crippen LogP contribution in [0.5, 0.6) is 5.75 Å². The maximum absolute atomic E-state index is 13.3. The van der Waals surface area contributed by atoms with Crippen LogP contribution in [0, 0.1) is 0 Å². The monoisotopic (exact) mass is 424 g/mol. The molecular weight excluding hydrogens is 404 g/mol. The molecule has 0 bridgehead atoms. The molecule has 0 spiro atoms. The number of sulfone groups is 1. The largest absolute Gasteiger partial charge is 0.491 e. The van der Waals surface area contributed by atoms with Gasteiger partial charge in [-0.25, -0.2) is 8.42 Å². The van der Waals surface area contributed by atoms with Gasteiger partial charge in [0.2, 0.25) is 9.84 Å². The molecule has 0 N–H and O–H groups in total. The van der Waals surface area contributed by atoms with Crippen LogP contribution in [0.4, 0.5) is 0 Å². The first kappa shape index (κ1) is 18.4. The zero-order valence-corrected chi connectivity index (χ0v) is 16.9. The van der Waals surface area contributed by atoms with Crippen LogP contribution >= 0.6 is 15.9 Å². The second-order valence-corrected chi connectivity index (χ2v) is 9.97. The Hall–Kier alpha value is -1.37. The van der Waals surface area contributed by atoms with Crippen molar-refractivity contribution in [3.63, 3.8) is 0 Å². The summed E-state index contributed by atoms with van der Waals surface area (Å²) in [5.41, 5.74) is 0.516. The molecule has 1 saturated heterocycles. The average molecular weight is 425 g/mol. The number of rotatable bonds is 5. The summed E-state index contributed by atoms with van der Waals surface area (Å²) < 4.78 is 38.0. The van der Waals surface area contributed by atoms with E-state index in [0.717, 1.165) is 5.56 Å². The van der Waals surface area contributed by atoms with Gasteiger partial charge in [0.25, 0.3) is 0 Å². The summed E-state index contributed by atoms with van der Waals surface area (Å²) in [5.74, 6) is 0.511. The molecule has 0 saturated carbocycles. The lowest BCUT2D eigenvalue weighted by molar-refractivity contribution is 0.262. The minimum Gasteiger partial charge on any atom is -0.491 e. The molecule has 1 unspecified atom stereocenters. The number of hydrogen-bond donors (Lipinski definition) is 0. The van der Waals surface area contributed by atoms with Gasteiger partial charge >= 0.3 is 0 Å². The van der Waals surface area contributed by atoms with Crippen LogP contribution in [0.1, 0.15) is 26.3 Å². The lowest BCUT2D eigenvalue weighted by atomic mass is 9.87. The smallest absolute Gasteiger partial charge is 0.207 e. The molecule has 1 fully saturated rings. The summed E-state index contributed by atoms with van der Waals surface area (Å²) in [6.07, 6.45) is 0.112. The molecule has 134 valence electrons. The lowest BCUT2D eigenvalue weighted by Crippen LogP contribution is -2.17. The first-order chi connectivity index (χ1) is 11.7. The Balaban J connectivity index is 2.03. The molecule has 3 rings (SSSR count). The van der Waals surface area contributed by atoms with Crippen LogP contribution in [-0.4, -0.2) is 27.7 Å². The fraction of sp³-hybridized carbons (Fsp3) is 0.368. The van der Waals surface area contributed by atoms with Crippen LogP contribution in [0.3, 0.4) is 0 Å². The highest BCUT2D eigenvalue weighted by Crippen LogP contribution is 2.34. The van der Waals surface area contributed by atoms with E-state index < -0.39 is 9.84 Å². The zero-order chi connectivity index (χ0) is 18.2. The van der Waals surface area contributed by atoms with Gasteiger partial charge in [-0.3, -0.25) is 0 Å². The van der Waals surface area contributed by atoms with E-state index in [1.54, 1.807) is 30.3 Å². The Morgan fingerprint density at radius 2 is 1.88 bits per heavy atom. The SMILES string of the molecule is CC(C)(C)c1ccccc1S(=O)(=O)c1cc(Br)cc(OCC2CO2)c1. The van der Waals surface area contributed by atoms with Gasteiger partial charge in [0.15, 0.2) is 0 Å². The summed E-state index contributed by atoms with van der Waals surface area (Å²) in [5, 5.41) is 0. The Labute approximate surface area is 157 Å². The summed E-state index contributed by atoms with van der Waals surface area (Å²) in [6, 6.07) is 12.1. The number of benzene rings is 2. The van der Waals surface area contributed by atoms with Gasteiger partial charge in [-0.1, -0.05) is 54.9 Å². The van der Waals surface area contributed by atoms with E-state index >= 15 is 0 Å². The molecule has 1 aliphatic rings. The highest BCUT2D eigenvalue weighted by molar-refractivity contribution is 9.10. The molecule has 0 amide bonds. The van der Waals surface area contributed by atoms with E-state index in [1.165, 1.54) is 0 Å². The maximum Gasteiger partial charge on any atom is 0.207 e. The van der Waals surface area contributed by atoms with Crippen molar-refractivity contribution in [2.75, 3.05) is 13.2 Å². The van der Waals surface area contributed by atoms with E-state index in [2.05, 4.69) is 15.9 Å². The van der Waals surface area contributed by atoms with Gasteiger partial charge in [0.05, 0.1) is 16.4 Å². The van der Waals surface area contributed by atoms with E-state index in [4.69, 9.17) is 9.47 Å². The van der Waals surface area contributed by atoms with Crippen LogP contribution in [0.2, 0.25) is 0 Å². The second-order valence-electron chi connectivity index (χ2n) is 7.14. The van der Waals surface area contributed by atoms with Crippen LogP contribution in [0.25, 0.3) is 0 Å². The number of epoxide rings is 1. The molecule has 0 aliphatic carbocycles. The van der Waals surface area contributed by atoms with Gasteiger partial charge in [-0.05, 0) is 35.2 Å². The number of ether oxygens (including phenoxy) is 2. The van der Waals surface area contributed by atoms with Crippen LogP contribution in [-0.2, 0) is 20.0 Å². The van der Waals surface area contributed by atoms with Crippen molar-refractivity contribution in [2.45, 2.75) is 42.1 Å². The molecule has 1 atom stereocenters. The summed E-state index contributed by atoms with van der Waals surface area (Å²) in [4.78, 5) is 0.544. The molecule has 1 heterocycles. The van der Waals surface area contributed by atoms with Crippen LogP contribution in [0.15, 0.2) is 56.7 Å². The highest BCUT2D eigenvalue weighted by Gasteiger charge is 2.28. The standard InChI is InChI=1S/C19H21BrO4S/c1-19(2,3)17-6-4-5-7-18(17)25(21,22)16-9-13(20)8-14(10-16)23-11-15-12-24-15/h4-10,15H,11-12H2,1-3H3. The molecule has 2 aromatic rings. The molecule has 0 radical (unpaired) electrons. The van der Waals surface area contributed by atoms with Crippen molar-refractivity contribution >= 4 is 25.8 Å². The summed E-state index contributed by atoms with van der Waals surface area (Å²) >= 11 is 3.38. The van der Waals surface area contributed by atoms with Gasteiger partial charge in [0, 0.05) is 4.47 Å². The number of hydrogen-bond acceptors (Lipinski definition) is 4. The lowest BCUT2D eigenvalue weighted by Gasteiger charge is -2.22. The van der Waals surface area contributed by atoms with Crippen molar-refractivity contribution < 1.29 is 17.9 Å². The second kappa shape index (κ2) is 6.74. The van der Waals surface area contributed by atoms with Gasteiger partial charge in [0.1, 0.15) is 18.5 Å². The third-order valence-corrected chi connectivity index (χ3v) is 6.23. The first-order valence-corrected chi connectivity index (χ1v) is 10.3. The predicted molar refractivity (Wildman–Crippen MR) is 100.0 cm³/mol. The third kappa shape index (κ3) is 4.25. The fourth-order valence-electron chi connectivity index (χ4n) is 2.58. The predicted octanol–water partition coefficient (Wildman–Crippen LogP) is 4.36. The highest BCUT2D eigenvalue weighted by atomic mass is 79.9. The van der Waals surface area contributed by atoms with E-state index in [1.807, 2.05) is 32.9 Å². The maximum atomic E-state index is 13.3. The van der Waals surface area contributed by atoms with Gasteiger partial charge in [-0.2, -0.15) is 0 Å². The molecule has 2 aromatic carbocycles. The fourth-order valence-corrected chi connectivity index (χ4v) is 4.93. The minimum atomic E-state index is -3.66. The Kier molecular flexibility index (Phi) is 4.97. The van der Waals surface area contributed by atoms with Gasteiger partial charge in [-0.15, -0.1) is 0 Å². The number of halogens is 1. The molecular formula is C19H21BrO4S.